The molecule has 1 saturated carbocycles. The quantitative estimate of drug-likeness (QED) is 0.865. The third-order valence-corrected chi connectivity index (χ3v) is 4.13. The third kappa shape index (κ3) is 3.71. The Balaban J connectivity index is 1.98. The molecule has 5 heteroatoms. The maximum absolute atomic E-state index is 11.8. The van der Waals surface area contributed by atoms with Gasteiger partial charge >= 0.3 is 0 Å². The van der Waals surface area contributed by atoms with Gasteiger partial charge in [-0.25, -0.2) is 0 Å². The molecule has 2 rings (SSSR count). The van der Waals surface area contributed by atoms with Crippen molar-refractivity contribution in [1.29, 1.82) is 0 Å². The summed E-state index contributed by atoms with van der Waals surface area (Å²) in [6.07, 6.45) is 4.10. The van der Waals surface area contributed by atoms with Gasteiger partial charge in [0.15, 0.2) is 0 Å². The van der Waals surface area contributed by atoms with Crippen LogP contribution >= 0.6 is 0 Å². The van der Waals surface area contributed by atoms with Crippen LogP contribution in [0.5, 0.6) is 0 Å². The summed E-state index contributed by atoms with van der Waals surface area (Å²) in [5.74, 6) is 0. The molecule has 1 aromatic rings. The fraction of sp³-hybridized carbons (Fsp3) is 0.500. The van der Waals surface area contributed by atoms with Crippen LogP contribution in [0.4, 0.5) is 5.69 Å². The molecule has 0 aliphatic heterocycles. The fourth-order valence-electron chi connectivity index (χ4n) is 2.07. The predicted molar refractivity (Wildman–Crippen MR) is 69.1 cm³/mol. The SMILES string of the molecule is Cc1ccc(NS(=O)(=O)NC2CCCC2)cc1. The van der Waals surface area contributed by atoms with Crippen molar-refractivity contribution in [1.82, 2.24) is 4.72 Å². The molecule has 0 atom stereocenters. The van der Waals surface area contributed by atoms with Gasteiger partial charge < -0.3 is 0 Å². The smallest absolute Gasteiger partial charge is 0.271 e. The Morgan fingerprint density at radius 3 is 2.29 bits per heavy atom. The van der Waals surface area contributed by atoms with Gasteiger partial charge in [-0.05, 0) is 31.9 Å². The Labute approximate surface area is 103 Å². The monoisotopic (exact) mass is 254 g/mol. The highest BCUT2D eigenvalue weighted by Crippen LogP contribution is 2.19. The zero-order chi connectivity index (χ0) is 12.3. The molecule has 17 heavy (non-hydrogen) atoms. The largest absolute Gasteiger partial charge is 0.299 e. The molecule has 1 aliphatic rings. The fourth-order valence-corrected chi connectivity index (χ4v) is 3.25. The van der Waals surface area contributed by atoms with Crippen LogP contribution in [-0.4, -0.2) is 14.5 Å². The van der Waals surface area contributed by atoms with Gasteiger partial charge in [0.25, 0.3) is 10.2 Å². The predicted octanol–water partition coefficient (Wildman–Crippen LogP) is 2.18. The van der Waals surface area contributed by atoms with Crippen molar-refractivity contribution >= 4 is 15.9 Å². The Hall–Kier alpha value is -1.07. The lowest BCUT2D eigenvalue weighted by Gasteiger charge is -2.14. The molecule has 0 amide bonds. The maximum Gasteiger partial charge on any atom is 0.299 e. The Morgan fingerprint density at radius 1 is 1.12 bits per heavy atom. The molecule has 4 nitrogen and oxygen atoms in total. The molecule has 0 unspecified atom stereocenters. The zero-order valence-corrected chi connectivity index (χ0v) is 10.8. The molecule has 1 fully saturated rings. The van der Waals surface area contributed by atoms with Crippen LogP contribution in [0.1, 0.15) is 31.2 Å². The molecule has 1 aliphatic carbocycles. The van der Waals surface area contributed by atoms with E-state index < -0.39 is 10.2 Å². The number of nitrogens with one attached hydrogen (secondary N) is 2. The number of hydrogen-bond donors (Lipinski definition) is 2. The first-order chi connectivity index (χ1) is 8.05. The molecule has 0 spiro atoms. The van der Waals surface area contributed by atoms with E-state index >= 15 is 0 Å². The number of aryl methyl sites for hydroxylation is 1. The van der Waals surface area contributed by atoms with Crippen molar-refractivity contribution in [2.45, 2.75) is 38.6 Å². The van der Waals surface area contributed by atoms with E-state index in [9.17, 15) is 8.42 Å². The summed E-state index contributed by atoms with van der Waals surface area (Å²) in [6.45, 7) is 1.97. The molecule has 0 bridgehead atoms. The van der Waals surface area contributed by atoms with Crippen molar-refractivity contribution in [2.75, 3.05) is 4.72 Å². The summed E-state index contributed by atoms with van der Waals surface area (Å²) in [5, 5.41) is 0. The molecule has 0 aromatic heterocycles. The number of rotatable bonds is 4. The van der Waals surface area contributed by atoms with Crippen LogP contribution in [0.25, 0.3) is 0 Å². The van der Waals surface area contributed by atoms with Crippen molar-refractivity contribution in [3.8, 4) is 0 Å². The second kappa shape index (κ2) is 5.06. The molecule has 0 radical (unpaired) electrons. The highest BCUT2D eigenvalue weighted by atomic mass is 32.2. The molecule has 0 heterocycles. The van der Waals surface area contributed by atoms with Crippen LogP contribution in [-0.2, 0) is 10.2 Å². The highest BCUT2D eigenvalue weighted by molar-refractivity contribution is 7.90. The molecule has 1 aromatic carbocycles. The third-order valence-electron chi connectivity index (χ3n) is 2.98. The van der Waals surface area contributed by atoms with Crippen molar-refractivity contribution in [3.05, 3.63) is 29.8 Å². The first kappa shape index (κ1) is 12.4. The van der Waals surface area contributed by atoms with Crippen LogP contribution in [0.2, 0.25) is 0 Å². The summed E-state index contributed by atoms with van der Waals surface area (Å²) in [7, 11) is -3.43. The van der Waals surface area contributed by atoms with Gasteiger partial charge in [0.2, 0.25) is 0 Å². The topological polar surface area (TPSA) is 58.2 Å². The Bertz CT molecular complexity index is 462. The molecule has 0 saturated heterocycles. The average molecular weight is 254 g/mol. The Kier molecular flexibility index (Phi) is 3.69. The summed E-state index contributed by atoms with van der Waals surface area (Å²) >= 11 is 0. The van der Waals surface area contributed by atoms with E-state index in [-0.39, 0.29) is 6.04 Å². The summed E-state index contributed by atoms with van der Waals surface area (Å²) in [5.41, 5.74) is 1.71. The van der Waals surface area contributed by atoms with Crippen molar-refractivity contribution in [3.63, 3.8) is 0 Å². The van der Waals surface area contributed by atoms with Crippen LogP contribution < -0.4 is 9.44 Å². The molecule has 94 valence electrons. The summed E-state index contributed by atoms with van der Waals surface area (Å²) < 4.78 is 28.9. The van der Waals surface area contributed by atoms with E-state index in [1.54, 1.807) is 12.1 Å². The summed E-state index contributed by atoms with van der Waals surface area (Å²) in [6, 6.07) is 7.39. The lowest BCUT2D eigenvalue weighted by Crippen LogP contribution is -2.37. The summed E-state index contributed by atoms with van der Waals surface area (Å²) in [4.78, 5) is 0. The lowest BCUT2D eigenvalue weighted by atomic mass is 10.2. The van der Waals surface area contributed by atoms with E-state index in [1.165, 1.54) is 0 Å². The van der Waals surface area contributed by atoms with Gasteiger partial charge in [0.05, 0.1) is 0 Å². The second-order valence-electron chi connectivity index (χ2n) is 4.57. The van der Waals surface area contributed by atoms with Gasteiger partial charge in [-0.15, -0.1) is 0 Å². The number of hydrogen-bond acceptors (Lipinski definition) is 2. The molecular weight excluding hydrogens is 236 g/mol. The van der Waals surface area contributed by atoms with Crippen LogP contribution in [0.15, 0.2) is 24.3 Å². The standard InChI is InChI=1S/C12H18N2O2S/c1-10-6-8-12(9-7-10)14-17(15,16)13-11-4-2-3-5-11/h6-9,11,13-14H,2-5H2,1H3. The van der Waals surface area contributed by atoms with Crippen LogP contribution in [0, 0.1) is 6.92 Å². The van der Waals surface area contributed by atoms with Gasteiger partial charge in [0, 0.05) is 11.7 Å². The van der Waals surface area contributed by atoms with E-state index in [0.717, 1.165) is 31.2 Å². The van der Waals surface area contributed by atoms with Gasteiger partial charge in [-0.3, -0.25) is 4.72 Å². The second-order valence-corrected chi connectivity index (χ2v) is 6.02. The average Bonchev–Trinajstić information content (AvgIpc) is 2.73. The van der Waals surface area contributed by atoms with Crippen molar-refractivity contribution in [2.24, 2.45) is 0 Å². The first-order valence-electron chi connectivity index (χ1n) is 5.92. The van der Waals surface area contributed by atoms with Gasteiger partial charge in [-0.2, -0.15) is 13.1 Å². The van der Waals surface area contributed by atoms with E-state index in [0.29, 0.717) is 5.69 Å². The minimum Gasteiger partial charge on any atom is -0.271 e. The Morgan fingerprint density at radius 2 is 1.71 bits per heavy atom. The first-order valence-corrected chi connectivity index (χ1v) is 7.40. The van der Waals surface area contributed by atoms with Gasteiger partial charge in [-0.1, -0.05) is 30.5 Å². The van der Waals surface area contributed by atoms with E-state index in [2.05, 4.69) is 9.44 Å². The zero-order valence-electron chi connectivity index (χ0n) is 9.94. The minimum atomic E-state index is -3.43. The molecule has 2 N–H and O–H groups in total. The van der Waals surface area contributed by atoms with E-state index in [1.807, 2.05) is 19.1 Å². The van der Waals surface area contributed by atoms with Crippen molar-refractivity contribution < 1.29 is 8.42 Å². The normalized spacial score (nSPS) is 17.2. The maximum atomic E-state index is 11.8. The van der Waals surface area contributed by atoms with E-state index in [4.69, 9.17) is 0 Å². The highest BCUT2D eigenvalue weighted by Gasteiger charge is 2.20. The minimum absolute atomic E-state index is 0.0953. The number of benzene rings is 1. The van der Waals surface area contributed by atoms with Gasteiger partial charge in [0.1, 0.15) is 0 Å². The van der Waals surface area contributed by atoms with Crippen LogP contribution in [0.3, 0.4) is 0 Å². The lowest BCUT2D eigenvalue weighted by molar-refractivity contribution is 0.557. The number of anilines is 1. The molecular formula is C12H18N2O2S.